The summed E-state index contributed by atoms with van der Waals surface area (Å²) in [5.41, 5.74) is 7.75. The average Bonchev–Trinajstić information content (AvgIpc) is 3.23. The van der Waals surface area contributed by atoms with E-state index in [9.17, 15) is 4.79 Å². The second-order valence-electron chi connectivity index (χ2n) is 5.61. The maximum atomic E-state index is 12.3. The van der Waals surface area contributed by atoms with Crippen LogP contribution in [-0.4, -0.2) is 37.1 Å². The number of methoxy groups -OCH3 is 2. The van der Waals surface area contributed by atoms with Crippen LogP contribution >= 0.6 is 12.4 Å². The molecule has 0 saturated heterocycles. The molecule has 0 unspecified atom stereocenters. The van der Waals surface area contributed by atoms with Crippen LogP contribution in [0.5, 0.6) is 11.5 Å². The summed E-state index contributed by atoms with van der Waals surface area (Å²) in [5.74, 6) is 1.52. The van der Waals surface area contributed by atoms with E-state index in [2.05, 4.69) is 0 Å². The van der Waals surface area contributed by atoms with E-state index in [1.54, 1.807) is 14.2 Å². The first kappa shape index (κ1) is 15.9. The van der Waals surface area contributed by atoms with E-state index in [1.807, 2.05) is 17.0 Å². The van der Waals surface area contributed by atoms with Crippen LogP contribution in [0.1, 0.15) is 24.0 Å². The number of halogens is 1. The molecule has 0 spiro atoms. The van der Waals surface area contributed by atoms with Crippen molar-refractivity contribution in [2.75, 3.05) is 20.8 Å². The lowest BCUT2D eigenvalue weighted by molar-refractivity contribution is -0.134. The zero-order valence-electron chi connectivity index (χ0n) is 12.3. The van der Waals surface area contributed by atoms with Gasteiger partial charge in [-0.2, -0.15) is 0 Å². The van der Waals surface area contributed by atoms with Gasteiger partial charge in [-0.1, -0.05) is 0 Å². The van der Waals surface area contributed by atoms with E-state index >= 15 is 0 Å². The molecule has 1 aliphatic heterocycles. The van der Waals surface area contributed by atoms with Crippen LogP contribution in [0.25, 0.3) is 0 Å². The van der Waals surface area contributed by atoms with Gasteiger partial charge in [-0.05, 0) is 42.5 Å². The Hall–Kier alpha value is -1.46. The Morgan fingerprint density at radius 3 is 2.29 bits per heavy atom. The van der Waals surface area contributed by atoms with Gasteiger partial charge in [0.15, 0.2) is 11.5 Å². The third-order valence-electron chi connectivity index (χ3n) is 4.22. The topological polar surface area (TPSA) is 64.8 Å². The van der Waals surface area contributed by atoms with Gasteiger partial charge in [-0.3, -0.25) is 4.79 Å². The number of carbonyl (C=O) groups is 1. The van der Waals surface area contributed by atoms with Crippen molar-refractivity contribution in [3.05, 3.63) is 23.3 Å². The number of amides is 1. The molecule has 1 fully saturated rings. The lowest BCUT2D eigenvalue weighted by Gasteiger charge is -2.31. The number of nitrogens with zero attached hydrogens (tertiary/aromatic N) is 1. The minimum Gasteiger partial charge on any atom is -0.493 e. The third kappa shape index (κ3) is 2.80. The predicted octanol–water partition coefficient (Wildman–Crippen LogP) is 1.50. The Morgan fingerprint density at radius 1 is 1.19 bits per heavy atom. The minimum absolute atomic E-state index is 0. The highest BCUT2D eigenvalue weighted by molar-refractivity contribution is 5.89. The highest BCUT2D eigenvalue weighted by Crippen LogP contribution is 2.37. The van der Waals surface area contributed by atoms with E-state index in [1.165, 1.54) is 5.56 Å². The molecule has 2 N–H and O–H groups in total. The van der Waals surface area contributed by atoms with Crippen molar-refractivity contribution in [1.29, 1.82) is 0 Å². The normalized spacial score (nSPS) is 18.3. The van der Waals surface area contributed by atoms with Gasteiger partial charge in [-0.25, -0.2) is 0 Å². The van der Waals surface area contributed by atoms with E-state index in [0.717, 1.165) is 37.1 Å². The third-order valence-corrected chi connectivity index (χ3v) is 4.22. The number of benzene rings is 1. The van der Waals surface area contributed by atoms with E-state index < -0.39 is 5.54 Å². The quantitative estimate of drug-likeness (QED) is 0.918. The fourth-order valence-electron chi connectivity index (χ4n) is 2.72. The van der Waals surface area contributed by atoms with Gasteiger partial charge in [-0.15, -0.1) is 12.4 Å². The summed E-state index contributed by atoms with van der Waals surface area (Å²) >= 11 is 0. The van der Waals surface area contributed by atoms with Crippen LogP contribution in [0, 0.1) is 0 Å². The van der Waals surface area contributed by atoms with E-state index in [-0.39, 0.29) is 18.3 Å². The molecule has 5 nitrogen and oxygen atoms in total. The summed E-state index contributed by atoms with van der Waals surface area (Å²) in [6, 6.07) is 3.97. The molecule has 1 amide bonds. The van der Waals surface area contributed by atoms with Gasteiger partial charge in [0, 0.05) is 13.1 Å². The molecule has 0 bridgehead atoms. The summed E-state index contributed by atoms with van der Waals surface area (Å²) in [6.45, 7) is 1.33. The van der Waals surface area contributed by atoms with Crippen LogP contribution in [-0.2, 0) is 17.8 Å². The Labute approximate surface area is 130 Å². The molecule has 6 heteroatoms. The first-order valence-electron chi connectivity index (χ1n) is 6.89. The van der Waals surface area contributed by atoms with Gasteiger partial charge in [0.1, 0.15) is 0 Å². The molecule has 1 aromatic rings. The Balaban J connectivity index is 0.00000161. The molecule has 0 radical (unpaired) electrons. The highest BCUT2D eigenvalue weighted by atomic mass is 35.5. The molecule has 116 valence electrons. The van der Waals surface area contributed by atoms with Crippen LogP contribution in [0.15, 0.2) is 12.1 Å². The maximum absolute atomic E-state index is 12.3. The molecule has 1 saturated carbocycles. The van der Waals surface area contributed by atoms with Gasteiger partial charge >= 0.3 is 0 Å². The monoisotopic (exact) mass is 312 g/mol. The van der Waals surface area contributed by atoms with Crippen molar-refractivity contribution < 1.29 is 14.3 Å². The second kappa shape index (κ2) is 5.73. The van der Waals surface area contributed by atoms with E-state index in [4.69, 9.17) is 15.2 Å². The smallest absolute Gasteiger partial charge is 0.242 e. The number of rotatable bonds is 3. The SMILES string of the molecule is COc1cc2c(cc1OC)CN(C(=O)C1(N)CC1)CC2.Cl. The molecule has 0 aromatic heterocycles. The van der Waals surface area contributed by atoms with Crippen molar-refractivity contribution in [3.63, 3.8) is 0 Å². The maximum Gasteiger partial charge on any atom is 0.242 e. The lowest BCUT2D eigenvalue weighted by atomic mass is 9.98. The van der Waals surface area contributed by atoms with Crippen molar-refractivity contribution in [3.8, 4) is 11.5 Å². The zero-order valence-corrected chi connectivity index (χ0v) is 13.2. The summed E-state index contributed by atoms with van der Waals surface area (Å²) < 4.78 is 10.6. The highest BCUT2D eigenvalue weighted by Gasteiger charge is 2.48. The Kier molecular flexibility index (Phi) is 4.35. The van der Waals surface area contributed by atoms with Crippen LogP contribution in [0.2, 0.25) is 0 Å². The molecule has 1 heterocycles. The Morgan fingerprint density at radius 2 is 1.76 bits per heavy atom. The van der Waals surface area contributed by atoms with Crippen molar-refractivity contribution in [2.45, 2.75) is 31.3 Å². The molecular weight excluding hydrogens is 292 g/mol. The number of hydrogen-bond acceptors (Lipinski definition) is 4. The van der Waals surface area contributed by atoms with Crippen molar-refractivity contribution in [1.82, 2.24) is 4.90 Å². The summed E-state index contributed by atoms with van der Waals surface area (Å²) in [4.78, 5) is 14.2. The Bertz CT molecular complexity index is 558. The standard InChI is InChI=1S/C15H20N2O3.ClH/c1-19-12-7-10-3-6-17(14(18)15(16)4-5-15)9-11(10)8-13(12)20-2;/h7-8H,3-6,9,16H2,1-2H3;1H. The fraction of sp³-hybridized carbons (Fsp3) is 0.533. The first-order chi connectivity index (χ1) is 9.57. The van der Waals surface area contributed by atoms with Gasteiger partial charge in [0.05, 0.1) is 19.8 Å². The predicted molar refractivity (Wildman–Crippen MR) is 82.1 cm³/mol. The molecule has 1 aliphatic carbocycles. The number of carbonyl (C=O) groups excluding carboxylic acids is 1. The number of ether oxygens (including phenoxy) is 2. The minimum atomic E-state index is -0.589. The van der Waals surface area contributed by atoms with Crippen molar-refractivity contribution in [2.24, 2.45) is 5.73 Å². The van der Waals surface area contributed by atoms with Crippen LogP contribution in [0.3, 0.4) is 0 Å². The number of fused-ring (bicyclic) bond motifs is 1. The summed E-state index contributed by atoms with van der Waals surface area (Å²) in [5, 5.41) is 0. The molecule has 3 rings (SSSR count). The largest absolute Gasteiger partial charge is 0.493 e. The number of nitrogens with two attached hydrogens (primary N) is 1. The summed E-state index contributed by atoms with van der Waals surface area (Å²) in [6.07, 6.45) is 2.44. The number of hydrogen-bond donors (Lipinski definition) is 1. The first-order valence-corrected chi connectivity index (χ1v) is 6.89. The molecule has 0 atom stereocenters. The molecule has 1 aromatic carbocycles. The summed E-state index contributed by atoms with van der Waals surface area (Å²) in [7, 11) is 3.25. The van der Waals surface area contributed by atoms with Crippen LogP contribution in [0.4, 0.5) is 0 Å². The van der Waals surface area contributed by atoms with Crippen LogP contribution < -0.4 is 15.2 Å². The fourth-order valence-corrected chi connectivity index (χ4v) is 2.72. The lowest BCUT2D eigenvalue weighted by Crippen LogP contribution is -2.47. The van der Waals surface area contributed by atoms with Gasteiger partial charge in [0.25, 0.3) is 0 Å². The average molecular weight is 313 g/mol. The van der Waals surface area contributed by atoms with Crippen molar-refractivity contribution >= 4 is 18.3 Å². The van der Waals surface area contributed by atoms with Gasteiger partial charge < -0.3 is 20.1 Å². The van der Waals surface area contributed by atoms with E-state index in [0.29, 0.717) is 12.3 Å². The molecule has 2 aliphatic rings. The second-order valence-corrected chi connectivity index (χ2v) is 5.61. The molecule has 21 heavy (non-hydrogen) atoms. The zero-order chi connectivity index (χ0) is 14.3. The van der Waals surface area contributed by atoms with Gasteiger partial charge in [0.2, 0.25) is 5.91 Å². The molecular formula is C15H21ClN2O3.